The molecule has 0 bridgehead atoms. The van der Waals surface area contributed by atoms with E-state index in [0.29, 0.717) is 12.1 Å². The molecule has 0 aliphatic carbocycles. The third-order valence-corrected chi connectivity index (χ3v) is 3.51. The van der Waals surface area contributed by atoms with E-state index in [-0.39, 0.29) is 17.8 Å². The van der Waals surface area contributed by atoms with E-state index in [0.717, 1.165) is 31.5 Å². The molecule has 1 amide bonds. The summed E-state index contributed by atoms with van der Waals surface area (Å²) in [5.74, 6) is -0.193. The smallest absolute Gasteiger partial charge is 0.337 e. The van der Waals surface area contributed by atoms with Crippen molar-refractivity contribution in [2.45, 2.75) is 19.4 Å². The predicted molar refractivity (Wildman–Crippen MR) is 75.2 cm³/mol. The summed E-state index contributed by atoms with van der Waals surface area (Å²) in [4.78, 5) is 23.3. The Morgan fingerprint density at radius 1 is 1.35 bits per heavy atom. The zero-order valence-electron chi connectivity index (χ0n) is 11.6. The molecule has 1 fully saturated rings. The summed E-state index contributed by atoms with van der Waals surface area (Å²) in [5, 5.41) is 6.16. The number of rotatable bonds is 4. The molecule has 0 aromatic heterocycles. The predicted octanol–water partition coefficient (Wildman–Crippen LogP) is 1.09. The number of carbonyl (C=O) groups excluding carboxylic acids is 2. The van der Waals surface area contributed by atoms with Crippen LogP contribution in [0, 0.1) is 5.92 Å². The highest BCUT2D eigenvalue weighted by Gasteiger charge is 2.20. The fraction of sp³-hybridized carbons (Fsp3) is 0.467. The van der Waals surface area contributed by atoms with Crippen LogP contribution in [0.25, 0.3) is 0 Å². The molecule has 1 atom stereocenters. The number of methoxy groups -OCH3 is 1. The van der Waals surface area contributed by atoms with Crippen LogP contribution >= 0.6 is 0 Å². The van der Waals surface area contributed by atoms with Crippen molar-refractivity contribution in [1.29, 1.82) is 0 Å². The summed E-state index contributed by atoms with van der Waals surface area (Å²) in [6, 6.07) is 7.06. The van der Waals surface area contributed by atoms with Gasteiger partial charge in [-0.1, -0.05) is 12.1 Å². The lowest BCUT2D eigenvalue weighted by atomic mass is 9.99. The molecule has 108 valence electrons. The number of piperidine rings is 1. The van der Waals surface area contributed by atoms with Gasteiger partial charge in [-0.25, -0.2) is 4.79 Å². The fourth-order valence-corrected chi connectivity index (χ4v) is 2.29. The number of amides is 1. The minimum absolute atomic E-state index is 0.0677. The summed E-state index contributed by atoms with van der Waals surface area (Å²) < 4.78 is 4.64. The van der Waals surface area contributed by atoms with Gasteiger partial charge in [-0.2, -0.15) is 0 Å². The molecule has 20 heavy (non-hydrogen) atoms. The van der Waals surface area contributed by atoms with Crippen molar-refractivity contribution in [2.24, 2.45) is 5.92 Å². The SMILES string of the molecule is COC(=O)c1ccc(CNC(=O)C2CCCNC2)cc1. The van der Waals surface area contributed by atoms with Gasteiger partial charge < -0.3 is 15.4 Å². The molecule has 0 spiro atoms. The van der Waals surface area contributed by atoms with Gasteiger partial charge in [0.15, 0.2) is 0 Å². The second kappa shape index (κ2) is 7.05. The minimum Gasteiger partial charge on any atom is -0.465 e. The first kappa shape index (κ1) is 14.5. The zero-order valence-corrected chi connectivity index (χ0v) is 11.6. The third-order valence-electron chi connectivity index (χ3n) is 3.51. The molecule has 1 saturated heterocycles. The Morgan fingerprint density at radius 2 is 2.10 bits per heavy atom. The lowest BCUT2D eigenvalue weighted by molar-refractivity contribution is -0.125. The van der Waals surface area contributed by atoms with Crippen molar-refractivity contribution in [3.8, 4) is 0 Å². The number of benzene rings is 1. The van der Waals surface area contributed by atoms with Crippen molar-refractivity contribution in [2.75, 3.05) is 20.2 Å². The van der Waals surface area contributed by atoms with Crippen LogP contribution in [-0.2, 0) is 16.1 Å². The molecule has 1 aliphatic heterocycles. The molecular formula is C15H20N2O3. The maximum atomic E-state index is 12.0. The molecular weight excluding hydrogens is 256 g/mol. The van der Waals surface area contributed by atoms with Gasteiger partial charge >= 0.3 is 5.97 Å². The fourth-order valence-electron chi connectivity index (χ4n) is 2.29. The Bertz CT molecular complexity index is 465. The van der Waals surface area contributed by atoms with Gasteiger partial charge in [-0.05, 0) is 37.1 Å². The highest BCUT2D eigenvalue weighted by atomic mass is 16.5. The van der Waals surface area contributed by atoms with Crippen LogP contribution in [0.1, 0.15) is 28.8 Å². The molecule has 1 unspecified atom stereocenters. The summed E-state index contributed by atoms with van der Waals surface area (Å²) in [6.45, 7) is 2.24. The van der Waals surface area contributed by atoms with E-state index in [1.165, 1.54) is 7.11 Å². The number of hydrogen-bond acceptors (Lipinski definition) is 4. The van der Waals surface area contributed by atoms with E-state index < -0.39 is 0 Å². The average Bonchev–Trinajstić information content (AvgIpc) is 2.53. The Kier molecular flexibility index (Phi) is 5.12. The van der Waals surface area contributed by atoms with Crippen LogP contribution in [0.4, 0.5) is 0 Å². The van der Waals surface area contributed by atoms with Crippen LogP contribution in [0.5, 0.6) is 0 Å². The van der Waals surface area contributed by atoms with Gasteiger partial charge in [0.1, 0.15) is 0 Å². The van der Waals surface area contributed by atoms with E-state index in [9.17, 15) is 9.59 Å². The lowest BCUT2D eigenvalue weighted by Crippen LogP contribution is -2.40. The third kappa shape index (κ3) is 3.81. The van der Waals surface area contributed by atoms with Crippen LogP contribution in [-0.4, -0.2) is 32.1 Å². The minimum atomic E-state index is -0.353. The lowest BCUT2D eigenvalue weighted by Gasteiger charge is -2.21. The quantitative estimate of drug-likeness (QED) is 0.808. The Labute approximate surface area is 118 Å². The van der Waals surface area contributed by atoms with Crippen molar-refractivity contribution in [3.63, 3.8) is 0 Å². The van der Waals surface area contributed by atoms with Gasteiger partial charge in [0.25, 0.3) is 0 Å². The molecule has 1 aliphatic rings. The number of hydrogen-bond donors (Lipinski definition) is 2. The second-order valence-corrected chi connectivity index (χ2v) is 4.95. The van der Waals surface area contributed by atoms with Gasteiger partial charge in [-0.15, -0.1) is 0 Å². The Balaban J connectivity index is 1.84. The first-order chi connectivity index (χ1) is 9.70. The molecule has 1 heterocycles. The van der Waals surface area contributed by atoms with Crippen molar-refractivity contribution in [3.05, 3.63) is 35.4 Å². The average molecular weight is 276 g/mol. The van der Waals surface area contributed by atoms with E-state index >= 15 is 0 Å². The molecule has 5 heteroatoms. The normalized spacial score (nSPS) is 18.4. The van der Waals surface area contributed by atoms with E-state index in [4.69, 9.17) is 0 Å². The summed E-state index contributed by atoms with van der Waals surface area (Å²) in [6.07, 6.45) is 1.99. The first-order valence-electron chi connectivity index (χ1n) is 6.86. The molecule has 1 aromatic rings. The largest absolute Gasteiger partial charge is 0.465 e. The van der Waals surface area contributed by atoms with Crippen molar-refractivity contribution >= 4 is 11.9 Å². The molecule has 0 saturated carbocycles. The maximum Gasteiger partial charge on any atom is 0.337 e. The van der Waals surface area contributed by atoms with E-state index in [1.54, 1.807) is 12.1 Å². The first-order valence-corrected chi connectivity index (χ1v) is 6.86. The van der Waals surface area contributed by atoms with Gasteiger partial charge in [0.05, 0.1) is 18.6 Å². The van der Waals surface area contributed by atoms with Gasteiger partial charge in [-0.3, -0.25) is 4.79 Å². The number of carbonyl (C=O) groups is 2. The molecule has 2 rings (SSSR count). The zero-order chi connectivity index (χ0) is 14.4. The monoisotopic (exact) mass is 276 g/mol. The summed E-state index contributed by atoms with van der Waals surface area (Å²) in [5.41, 5.74) is 1.48. The molecule has 0 radical (unpaired) electrons. The van der Waals surface area contributed by atoms with Crippen LogP contribution in [0.2, 0.25) is 0 Å². The Morgan fingerprint density at radius 3 is 2.70 bits per heavy atom. The number of nitrogens with one attached hydrogen (secondary N) is 2. The maximum absolute atomic E-state index is 12.0. The summed E-state index contributed by atoms with van der Waals surface area (Å²) >= 11 is 0. The van der Waals surface area contributed by atoms with Crippen LogP contribution < -0.4 is 10.6 Å². The molecule has 1 aromatic carbocycles. The van der Waals surface area contributed by atoms with E-state index in [2.05, 4.69) is 15.4 Å². The van der Waals surface area contributed by atoms with Crippen molar-refractivity contribution in [1.82, 2.24) is 10.6 Å². The highest BCUT2D eigenvalue weighted by molar-refractivity contribution is 5.89. The highest BCUT2D eigenvalue weighted by Crippen LogP contribution is 2.10. The standard InChI is InChI=1S/C15H20N2O3/c1-20-15(19)12-6-4-11(5-7-12)9-17-14(18)13-3-2-8-16-10-13/h4-7,13,16H,2-3,8-10H2,1H3,(H,17,18). The van der Waals surface area contributed by atoms with Gasteiger partial charge in [0, 0.05) is 13.1 Å². The van der Waals surface area contributed by atoms with E-state index in [1.807, 2.05) is 12.1 Å². The van der Waals surface area contributed by atoms with Crippen LogP contribution in [0.3, 0.4) is 0 Å². The van der Waals surface area contributed by atoms with Crippen LogP contribution in [0.15, 0.2) is 24.3 Å². The van der Waals surface area contributed by atoms with Crippen molar-refractivity contribution < 1.29 is 14.3 Å². The number of esters is 1. The number of ether oxygens (including phenoxy) is 1. The topological polar surface area (TPSA) is 67.4 Å². The second-order valence-electron chi connectivity index (χ2n) is 4.95. The molecule has 2 N–H and O–H groups in total. The van der Waals surface area contributed by atoms with Gasteiger partial charge in [0.2, 0.25) is 5.91 Å². The molecule has 5 nitrogen and oxygen atoms in total. The summed E-state index contributed by atoms with van der Waals surface area (Å²) in [7, 11) is 1.36. The Hall–Kier alpha value is -1.88.